The van der Waals surface area contributed by atoms with E-state index in [2.05, 4.69) is 15.4 Å². The van der Waals surface area contributed by atoms with Crippen LogP contribution in [0.1, 0.15) is 19.4 Å². The molecule has 0 radical (unpaired) electrons. The van der Waals surface area contributed by atoms with Crippen molar-refractivity contribution in [1.82, 2.24) is 10.6 Å². The maximum absolute atomic E-state index is 12.2. The molecule has 0 aromatic heterocycles. The Labute approximate surface area is 121 Å². The first-order valence-electron chi connectivity index (χ1n) is 6.61. The van der Waals surface area contributed by atoms with Crippen LogP contribution in [0.15, 0.2) is 24.3 Å². The van der Waals surface area contributed by atoms with E-state index in [-0.39, 0.29) is 24.1 Å². The molecule has 1 rings (SSSR count). The minimum Gasteiger partial charge on any atom is -0.405 e. The third kappa shape index (κ3) is 6.99. The van der Waals surface area contributed by atoms with Crippen molar-refractivity contribution in [2.45, 2.75) is 26.8 Å². The van der Waals surface area contributed by atoms with E-state index in [0.717, 1.165) is 0 Å². The summed E-state index contributed by atoms with van der Waals surface area (Å²) in [6.07, 6.45) is -4.71. The second kappa shape index (κ2) is 7.87. The van der Waals surface area contributed by atoms with Gasteiger partial charge in [0.1, 0.15) is 5.75 Å². The second-order valence-corrected chi connectivity index (χ2v) is 4.78. The summed E-state index contributed by atoms with van der Waals surface area (Å²) >= 11 is 0. The zero-order valence-electron chi connectivity index (χ0n) is 12.0. The van der Waals surface area contributed by atoms with Gasteiger partial charge in [0.2, 0.25) is 5.91 Å². The first-order valence-corrected chi connectivity index (χ1v) is 6.61. The largest absolute Gasteiger partial charge is 0.573 e. The van der Waals surface area contributed by atoms with Crippen molar-refractivity contribution in [1.29, 1.82) is 0 Å². The SMILES string of the molecule is CC(C)C(=O)NCCNCc1ccccc1OC(F)(F)F. The van der Waals surface area contributed by atoms with E-state index in [1.165, 1.54) is 12.1 Å². The van der Waals surface area contributed by atoms with Crippen LogP contribution in [0.2, 0.25) is 0 Å². The third-order valence-corrected chi connectivity index (χ3v) is 2.64. The van der Waals surface area contributed by atoms with E-state index >= 15 is 0 Å². The fraction of sp³-hybridized carbons (Fsp3) is 0.500. The Kier molecular flexibility index (Phi) is 6.48. The Morgan fingerprint density at radius 1 is 1.24 bits per heavy atom. The number of ether oxygens (including phenoxy) is 1. The van der Waals surface area contributed by atoms with Crippen molar-refractivity contribution in [2.24, 2.45) is 5.92 Å². The topological polar surface area (TPSA) is 50.4 Å². The highest BCUT2D eigenvalue weighted by molar-refractivity contribution is 5.77. The molecule has 0 aliphatic heterocycles. The van der Waals surface area contributed by atoms with Gasteiger partial charge in [0.05, 0.1) is 0 Å². The van der Waals surface area contributed by atoms with Crippen LogP contribution in [-0.4, -0.2) is 25.4 Å². The lowest BCUT2D eigenvalue weighted by molar-refractivity contribution is -0.274. The van der Waals surface area contributed by atoms with Gasteiger partial charge in [0.15, 0.2) is 0 Å². The van der Waals surface area contributed by atoms with Crippen LogP contribution in [0, 0.1) is 5.92 Å². The van der Waals surface area contributed by atoms with Crippen LogP contribution in [0.4, 0.5) is 13.2 Å². The maximum atomic E-state index is 12.2. The summed E-state index contributed by atoms with van der Waals surface area (Å²) in [5, 5.41) is 5.67. The van der Waals surface area contributed by atoms with E-state index < -0.39 is 6.36 Å². The lowest BCUT2D eigenvalue weighted by Crippen LogP contribution is -2.34. The van der Waals surface area contributed by atoms with Gasteiger partial charge in [-0.1, -0.05) is 32.0 Å². The molecular weight excluding hydrogens is 285 g/mol. The van der Waals surface area contributed by atoms with E-state index in [4.69, 9.17) is 0 Å². The van der Waals surface area contributed by atoms with Crippen LogP contribution in [0.25, 0.3) is 0 Å². The molecule has 2 N–H and O–H groups in total. The summed E-state index contributed by atoms with van der Waals surface area (Å²) in [6, 6.07) is 5.94. The highest BCUT2D eigenvalue weighted by Crippen LogP contribution is 2.25. The summed E-state index contributed by atoms with van der Waals surface area (Å²) < 4.78 is 40.7. The molecule has 0 unspecified atom stereocenters. The molecule has 0 bridgehead atoms. The molecule has 0 aliphatic rings. The van der Waals surface area contributed by atoms with Gasteiger partial charge in [0, 0.05) is 31.1 Å². The number of carbonyl (C=O) groups is 1. The molecule has 0 aliphatic carbocycles. The van der Waals surface area contributed by atoms with E-state index in [9.17, 15) is 18.0 Å². The number of alkyl halides is 3. The van der Waals surface area contributed by atoms with Gasteiger partial charge in [0.25, 0.3) is 0 Å². The van der Waals surface area contributed by atoms with Gasteiger partial charge in [-0.25, -0.2) is 0 Å². The number of halogens is 3. The third-order valence-electron chi connectivity index (χ3n) is 2.64. The number of rotatable bonds is 7. The van der Waals surface area contributed by atoms with E-state index in [0.29, 0.717) is 18.7 Å². The molecule has 21 heavy (non-hydrogen) atoms. The molecule has 0 atom stereocenters. The average molecular weight is 304 g/mol. The van der Waals surface area contributed by atoms with Gasteiger partial charge in [-0.2, -0.15) is 0 Å². The first kappa shape index (κ1) is 17.3. The van der Waals surface area contributed by atoms with Crippen molar-refractivity contribution < 1.29 is 22.7 Å². The Balaban J connectivity index is 2.40. The van der Waals surface area contributed by atoms with Crippen molar-refractivity contribution in [3.63, 3.8) is 0 Å². The highest BCUT2D eigenvalue weighted by Gasteiger charge is 2.31. The predicted molar refractivity (Wildman–Crippen MR) is 72.7 cm³/mol. The highest BCUT2D eigenvalue weighted by atomic mass is 19.4. The number of hydrogen-bond donors (Lipinski definition) is 2. The first-order chi connectivity index (χ1) is 9.79. The molecule has 7 heteroatoms. The number of nitrogens with one attached hydrogen (secondary N) is 2. The van der Waals surface area contributed by atoms with Gasteiger partial charge < -0.3 is 15.4 Å². The van der Waals surface area contributed by atoms with Gasteiger partial charge in [-0.3, -0.25) is 4.79 Å². The normalized spacial score (nSPS) is 11.5. The molecule has 0 spiro atoms. The van der Waals surface area contributed by atoms with Crippen LogP contribution in [-0.2, 0) is 11.3 Å². The lowest BCUT2D eigenvalue weighted by atomic mass is 10.2. The van der Waals surface area contributed by atoms with Crippen molar-refractivity contribution in [3.05, 3.63) is 29.8 Å². The fourth-order valence-electron chi connectivity index (χ4n) is 1.58. The second-order valence-electron chi connectivity index (χ2n) is 4.78. The maximum Gasteiger partial charge on any atom is 0.573 e. The van der Waals surface area contributed by atoms with Crippen LogP contribution in [0.5, 0.6) is 5.75 Å². The standard InChI is InChI=1S/C14H19F3N2O2/c1-10(2)13(20)19-8-7-18-9-11-5-3-4-6-12(11)21-14(15,16)17/h3-6,10,18H,7-9H2,1-2H3,(H,19,20). The molecule has 0 fully saturated rings. The Bertz CT molecular complexity index is 462. The van der Waals surface area contributed by atoms with Gasteiger partial charge in [-0.15, -0.1) is 13.2 Å². The molecule has 4 nitrogen and oxygen atoms in total. The van der Waals surface area contributed by atoms with Gasteiger partial charge in [-0.05, 0) is 6.07 Å². The summed E-state index contributed by atoms with van der Waals surface area (Å²) in [7, 11) is 0. The van der Waals surface area contributed by atoms with Crippen molar-refractivity contribution >= 4 is 5.91 Å². The zero-order valence-corrected chi connectivity index (χ0v) is 12.0. The molecule has 0 heterocycles. The molecule has 118 valence electrons. The number of hydrogen-bond acceptors (Lipinski definition) is 3. The molecule has 1 amide bonds. The summed E-state index contributed by atoms with van der Waals surface area (Å²) in [5.41, 5.74) is 0.407. The van der Waals surface area contributed by atoms with E-state index in [1.54, 1.807) is 26.0 Å². The van der Waals surface area contributed by atoms with E-state index in [1.807, 2.05) is 0 Å². The quantitative estimate of drug-likeness (QED) is 0.761. The molecule has 0 saturated heterocycles. The molecular formula is C14H19F3N2O2. The Hall–Kier alpha value is -1.76. The van der Waals surface area contributed by atoms with Crippen LogP contribution < -0.4 is 15.4 Å². The Morgan fingerprint density at radius 2 is 1.90 bits per heavy atom. The number of para-hydroxylation sites is 1. The summed E-state index contributed by atoms with van der Waals surface area (Å²) in [4.78, 5) is 11.3. The lowest BCUT2D eigenvalue weighted by Gasteiger charge is -2.14. The number of amides is 1. The summed E-state index contributed by atoms with van der Waals surface area (Å²) in [5.74, 6) is -0.368. The predicted octanol–water partition coefficient (Wildman–Crippen LogP) is 2.45. The molecule has 1 aromatic carbocycles. The Morgan fingerprint density at radius 3 is 2.52 bits per heavy atom. The number of benzene rings is 1. The minimum atomic E-state index is -4.71. The van der Waals surface area contributed by atoms with Crippen LogP contribution in [0.3, 0.4) is 0 Å². The minimum absolute atomic E-state index is 0.0578. The van der Waals surface area contributed by atoms with Gasteiger partial charge >= 0.3 is 6.36 Å². The average Bonchev–Trinajstić information content (AvgIpc) is 2.38. The smallest absolute Gasteiger partial charge is 0.405 e. The zero-order chi connectivity index (χ0) is 15.9. The number of carbonyl (C=O) groups excluding carboxylic acids is 1. The fourth-order valence-corrected chi connectivity index (χ4v) is 1.58. The van der Waals surface area contributed by atoms with Crippen molar-refractivity contribution in [2.75, 3.05) is 13.1 Å². The molecule has 0 saturated carbocycles. The van der Waals surface area contributed by atoms with Crippen molar-refractivity contribution in [3.8, 4) is 5.75 Å². The monoisotopic (exact) mass is 304 g/mol. The molecule has 1 aromatic rings. The van der Waals surface area contributed by atoms with Crippen LogP contribution >= 0.6 is 0 Å². The summed E-state index contributed by atoms with van der Waals surface area (Å²) in [6.45, 7) is 4.67.